The fourth-order valence-corrected chi connectivity index (χ4v) is 3.11. The minimum atomic E-state index is -3.70. The summed E-state index contributed by atoms with van der Waals surface area (Å²) in [6.45, 7) is 1.89. The molecule has 0 saturated carbocycles. The van der Waals surface area contributed by atoms with E-state index in [0.29, 0.717) is 22.9 Å². The van der Waals surface area contributed by atoms with Crippen molar-refractivity contribution >= 4 is 15.7 Å². The number of methoxy groups -OCH3 is 3. The van der Waals surface area contributed by atoms with Gasteiger partial charge in [0.15, 0.2) is 11.5 Å². The first kappa shape index (κ1) is 17.0. The van der Waals surface area contributed by atoms with E-state index in [1.807, 2.05) is 6.92 Å². The van der Waals surface area contributed by atoms with Crippen molar-refractivity contribution in [1.29, 1.82) is 0 Å². The molecular formula is C16H19NO5S. The van der Waals surface area contributed by atoms with Crippen molar-refractivity contribution in [3.8, 4) is 17.2 Å². The number of ether oxygens (including phenoxy) is 3. The van der Waals surface area contributed by atoms with Crippen molar-refractivity contribution in [2.45, 2.75) is 11.8 Å². The lowest BCUT2D eigenvalue weighted by atomic mass is 10.2. The van der Waals surface area contributed by atoms with Crippen LogP contribution in [0.3, 0.4) is 0 Å². The Morgan fingerprint density at radius 3 is 1.83 bits per heavy atom. The van der Waals surface area contributed by atoms with Crippen molar-refractivity contribution in [2.75, 3.05) is 26.1 Å². The van der Waals surface area contributed by atoms with Crippen LogP contribution in [0.15, 0.2) is 41.3 Å². The van der Waals surface area contributed by atoms with Crippen LogP contribution in [0.2, 0.25) is 0 Å². The molecule has 0 amide bonds. The maximum absolute atomic E-state index is 12.4. The molecule has 0 unspecified atom stereocenters. The van der Waals surface area contributed by atoms with Crippen molar-refractivity contribution < 1.29 is 22.6 Å². The Hall–Kier alpha value is -2.41. The van der Waals surface area contributed by atoms with Crippen LogP contribution in [0, 0.1) is 6.92 Å². The van der Waals surface area contributed by atoms with E-state index in [-0.39, 0.29) is 4.90 Å². The third-order valence-corrected chi connectivity index (χ3v) is 4.65. The maximum atomic E-state index is 12.4. The zero-order valence-electron chi connectivity index (χ0n) is 13.4. The Kier molecular flexibility index (Phi) is 5.00. The molecule has 0 aromatic heterocycles. The summed E-state index contributed by atoms with van der Waals surface area (Å²) in [5.74, 6) is 1.13. The molecule has 0 heterocycles. The zero-order chi connectivity index (χ0) is 17.0. The first-order valence-corrected chi connectivity index (χ1v) is 8.29. The number of nitrogens with one attached hydrogen (secondary N) is 1. The number of benzene rings is 2. The monoisotopic (exact) mass is 337 g/mol. The summed E-state index contributed by atoms with van der Waals surface area (Å²) in [4.78, 5) is 0.178. The smallest absolute Gasteiger partial charge is 0.261 e. The van der Waals surface area contributed by atoms with Gasteiger partial charge in [0.05, 0.1) is 31.9 Å². The average molecular weight is 337 g/mol. The van der Waals surface area contributed by atoms with Crippen LogP contribution >= 0.6 is 0 Å². The molecule has 23 heavy (non-hydrogen) atoms. The summed E-state index contributed by atoms with van der Waals surface area (Å²) < 4.78 is 43.0. The highest BCUT2D eigenvalue weighted by atomic mass is 32.2. The van der Waals surface area contributed by atoms with E-state index in [0.717, 1.165) is 5.56 Å². The van der Waals surface area contributed by atoms with Crippen molar-refractivity contribution in [1.82, 2.24) is 0 Å². The number of sulfonamides is 1. The summed E-state index contributed by atoms with van der Waals surface area (Å²) in [5.41, 5.74) is 1.30. The summed E-state index contributed by atoms with van der Waals surface area (Å²) in [6.07, 6.45) is 0. The van der Waals surface area contributed by atoms with Crippen LogP contribution in [0.1, 0.15) is 5.56 Å². The number of rotatable bonds is 6. The van der Waals surface area contributed by atoms with Crippen LogP contribution in [0.5, 0.6) is 17.2 Å². The quantitative estimate of drug-likeness (QED) is 0.877. The predicted octanol–water partition coefficient (Wildman–Crippen LogP) is 2.82. The highest BCUT2D eigenvalue weighted by Gasteiger charge is 2.18. The fourth-order valence-electron chi connectivity index (χ4n) is 2.07. The predicted molar refractivity (Wildman–Crippen MR) is 88.1 cm³/mol. The first-order chi connectivity index (χ1) is 10.9. The first-order valence-electron chi connectivity index (χ1n) is 6.80. The van der Waals surface area contributed by atoms with E-state index < -0.39 is 10.0 Å². The standard InChI is InChI=1S/C16H19NO5S/c1-11-5-7-13(8-6-11)23(18,19)17-12-9-14(20-2)16(22-4)15(10-12)21-3/h5-10,17H,1-4H3. The Morgan fingerprint density at radius 1 is 0.870 bits per heavy atom. The molecule has 0 spiro atoms. The lowest BCUT2D eigenvalue weighted by molar-refractivity contribution is 0.325. The molecule has 0 radical (unpaired) electrons. The van der Waals surface area contributed by atoms with Gasteiger partial charge >= 0.3 is 0 Å². The van der Waals surface area contributed by atoms with Gasteiger partial charge in [-0.15, -0.1) is 0 Å². The summed E-state index contributed by atoms with van der Waals surface area (Å²) in [6, 6.07) is 9.65. The van der Waals surface area contributed by atoms with E-state index in [1.165, 1.54) is 33.5 Å². The molecule has 0 bridgehead atoms. The molecule has 2 aromatic carbocycles. The average Bonchev–Trinajstić information content (AvgIpc) is 2.53. The molecule has 0 aliphatic heterocycles. The van der Waals surface area contributed by atoms with Gasteiger partial charge in [-0.1, -0.05) is 17.7 Å². The van der Waals surface area contributed by atoms with Gasteiger partial charge in [0.25, 0.3) is 10.0 Å². The fraction of sp³-hybridized carbons (Fsp3) is 0.250. The molecular weight excluding hydrogens is 318 g/mol. The van der Waals surface area contributed by atoms with Gasteiger partial charge in [-0.3, -0.25) is 4.72 Å². The van der Waals surface area contributed by atoms with E-state index in [2.05, 4.69) is 4.72 Å². The molecule has 0 atom stereocenters. The largest absolute Gasteiger partial charge is 0.493 e. The number of anilines is 1. The van der Waals surface area contributed by atoms with E-state index >= 15 is 0 Å². The SMILES string of the molecule is COc1cc(NS(=O)(=O)c2ccc(C)cc2)cc(OC)c1OC. The van der Waals surface area contributed by atoms with Crippen molar-refractivity contribution in [3.63, 3.8) is 0 Å². The van der Waals surface area contributed by atoms with Gasteiger partial charge in [-0.25, -0.2) is 8.42 Å². The second-order valence-corrected chi connectivity index (χ2v) is 6.51. The Balaban J connectivity index is 2.41. The maximum Gasteiger partial charge on any atom is 0.261 e. The summed E-state index contributed by atoms with van der Waals surface area (Å²) >= 11 is 0. The topological polar surface area (TPSA) is 73.9 Å². The normalized spacial score (nSPS) is 11.0. The Labute approximate surface area is 136 Å². The van der Waals surface area contributed by atoms with Crippen LogP contribution in [0.4, 0.5) is 5.69 Å². The van der Waals surface area contributed by atoms with Gasteiger partial charge in [0, 0.05) is 12.1 Å². The minimum absolute atomic E-state index is 0.178. The molecule has 0 fully saturated rings. The van der Waals surface area contributed by atoms with E-state index in [4.69, 9.17) is 14.2 Å². The molecule has 0 aliphatic rings. The van der Waals surface area contributed by atoms with E-state index in [1.54, 1.807) is 24.3 Å². The van der Waals surface area contributed by atoms with Crippen molar-refractivity contribution in [3.05, 3.63) is 42.0 Å². The Morgan fingerprint density at radius 2 is 1.39 bits per heavy atom. The highest BCUT2D eigenvalue weighted by Crippen LogP contribution is 2.40. The molecule has 2 rings (SSSR count). The molecule has 7 heteroatoms. The Bertz CT molecular complexity index is 760. The third-order valence-electron chi connectivity index (χ3n) is 3.25. The number of aryl methyl sites for hydroxylation is 1. The van der Waals surface area contributed by atoms with Crippen LogP contribution in [0.25, 0.3) is 0 Å². The molecule has 1 N–H and O–H groups in total. The molecule has 124 valence electrons. The van der Waals surface area contributed by atoms with Gasteiger partial charge in [-0.05, 0) is 19.1 Å². The molecule has 0 aliphatic carbocycles. The number of hydrogen-bond acceptors (Lipinski definition) is 5. The van der Waals surface area contributed by atoms with E-state index in [9.17, 15) is 8.42 Å². The second kappa shape index (κ2) is 6.78. The molecule has 0 saturated heterocycles. The van der Waals surface area contributed by atoms with Gasteiger partial charge in [0.2, 0.25) is 5.75 Å². The lowest BCUT2D eigenvalue weighted by Crippen LogP contribution is -2.13. The second-order valence-electron chi connectivity index (χ2n) is 4.83. The summed E-state index contributed by atoms with van der Waals surface area (Å²) in [5, 5.41) is 0. The third kappa shape index (κ3) is 3.68. The lowest BCUT2D eigenvalue weighted by Gasteiger charge is -2.15. The van der Waals surface area contributed by atoms with Gasteiger partial charge in [0.1, 0.15) is 0 Å². The van der Waals surface area contributed by atoms with Crippen LogP contribution in [-0.2, 0) is 10.0 Å². The minimum Gasteiger partial charge on any atom is -0.493 e. The number of hydrogen-bond donors (Lipinski definition) is 1. The summed E-state index contributed by atoms with van der Waals surface area (Å²) in [7, 11) is 0.717. The molecule has 6 nitrogen and oxygen atoms in total. The van der Waals surface area contributed by atoms with Crippen LogP contribution < -0.4 is 18.9 Å². The van der Waals surface area contributed by atoms with Crippen LogP contribution in [-0.4, -0.2) is 29.7 Å². The zero-order valence-corrected chi connectivity index (χ0v) is 14.2. The van der Waals surface area contributed by atoms with Gasteiger partial charge in [-0.2, -0.15) is 0 Å². The van der Waals surface area contributed by atoms with Gasteiger partial charge < -0.3 is 14.2 Å². The van der Waals surface area contributed by atoms with Crippen molar-refractivity contribution in [2.24, 2.45) is 0 Å². The highest BCUT2D eigenvalue weighted by molar-refractivity contribution is 7.92. The molecule has 2 aromatic rings.